The summed E-state index contributed by atoms with van der Waals surface area (Å²) >= 11 is 0. The van der Waals surface area contributed by atoms with Crippen molar-refractivity contribution in [1.29, 1.82) is 0 Å². The van der Waals surface area contributed by atoms with Crippen LogP contribution in [0.25, 0.3) is 0 Å². The third-order valence-electron chi connectivity index (χ3n) is 2.65. The summed E-state index contributed by atoms with van der Waals surface area (Å²) in [5.74, 6) is -16.3. The molecule has 148 valence electrons. The van der Waals surface area contributed by atoms with E-state index in [1.165, 1.54) is 0 Å². The van der Waals surface area contributed by atoms with Gasteiger partial charge in [0, 0.05) is 13.1 Å². The number of hydrogen-bond acceptors (Lipinski definition) is 2. The van der Waals surface area contributed by atoms with Crippen LogP contribution in [0, 0.1) is 0 Å². The van der Waals surface area contributed by atoms with E-state index in [1.807, 2.05) is 0 Å². The Hall–Kier alpha value is -1.60. The lowest BCUT2D eigenvalue weighted by Crippen LogP contribution is -2.64. The highest BCUT2D eigenvalue weighted by Gasteiger charge is 2.79. The standard InChI is InChI=1S/C11H10F11NO2/c1-3-5-23(4-2)6(24)7(12,9(15,16)17)25-11(21,22)8(13,14)10(18,19)20/h3H,1,4-5H2,2H3. The first kappa shape index (κ1) is 23.4. The molecule has 0 aliphatic heterocycles. The van der Waals surface area contributed by atoms with Gasteiger partial charge in [0.15, 0.2) is 0 Å². The summed E-state index contributed by atoms with van der Waals surface area (Å²) in [5, 5.41) is 0. The molecule has 1 atom stereocenters. The van der Waals surface area contributed by atoms with E-state index in [0.717, 1.165) is 13.0 Å². The van der Waals surface area contributed by atoms with Gasteiger partial charge in [-0.25, -0.2) is 0 Å². The Labute approximate surface area is 133 Å². The predicted molar refractivity (Wildman–Crippen MR) is 59.4 cm³/mol. The van der Waals surface area contributed by atoms with Crippen LogP contribution in [0.4, 0.5) is 48.3 Å². The topological polar surface area (TPSA) is 29.5 Å². The predicted octanol–water partition coefficient (Wildman–Crippen LogP) is 4.06. The van der Waals surface area contributed by atoms with E-state index in [-0.39, 0.29) is 4.90 Å². The number of halogens is 11. The second-order valence-electron chi connectivity index (χ2n) is 4.42. The molecule has 0 radical (unpaired) electrons. The number of nitrogens with zero attached hydrogens (tertiary/aromatic N) is 1. The molecule has 1 amide bonds. The van der Waals surface area contributed by atoms with Crippen LogP contribution in [-0.2, 0) is 9.53 Å². The Balaban J connectivity index is 6.09. The minimum Gasteiger partial charge on any atom is -0.334 e. The minimum absolute atomic E-state index is 0.137. The van der Waals surface area contributed by atoms with Gasteiger partial charge in [-0.3, -0.25) is 9.53 Å². The molecule has 0 aliphatic carbocycles. The van der Waals surface area contributed by atoms with Gasteiger partial charge in [0.2, 0.25) is 0 Å². The molecule has 0 rings (SSSR count). The van der Waals surface area contributed by atoms with Crippen LogP contribution >= 0.6 is 0 Å². The van der Waals surface area contributed by atoms with Crippen molar-refractivity contribution < 1.29 is 57.8 Å². The SMILES string of the molecule is C=CCN(CC)C(=O)C(F)(OC(F)(F)C(F)(F)C(F)(F)F)C(F)(F)F. The average molecular weight is 397 g/mol. The number of alkyl halides is 11. The van der Waals surface area contributed by atoms with Crippen molar-refractivity contribution in [2.24, 2.45) is 0 Å². The molecule has 0 aromatic carbocycles. The van der Waals surface area contributed by atoms with Gasteiger partial charge in [-0.05, 0) is 6.92 Å². The van der Waals surface area contributed by atoms with Crippen molar-refractivity contribution in [3.05, 3.63) is 12.7 Å². The van der Waals surface area contributed by atoms with Gasteiger partial charge < -0.3 is 4.90 Å². The first-order chi connectivity index (χ1) is 10.9. The first-order valence-corrected chi connectivity index (χ1v) is 6.07. The van der Waals surface area contributed by atoms with Crippen molar-refractivity contribution in [2.75, 3.05) is 13.1 Å². The van der Waals surface area contributed by atoms with Gasteiger partial charge >= 0.3 is 30.2 Å². The Morgan fingerprint density at radius 2 is 1.40 bits per heavy atom. The maximum Gasteiger partial charge on any atom is 0.462 e. The van der Waals surface area contributed by atoms with E-state index in [9.17, 15) is 53.1 Å². The average Bonchev–Trinajstić information content (AvgIpc) is 2.40. The van der Waals surface area contributed by atoms with Crippen molar-refractivity contribution in [2.45, 2.75) is 37.2 Å². The Bertz CT molecular complexity index is 499. The summed E-state index contributed by atoms with van der Waals surface area (Å²) in [6, 6.07) is 0. The molecule has 14 heteroatoms. The molecule has 25 heavy (non-hydrogen) atoms. The van der Waals surface area contributed by atoms with E-state index in [2.05, 4.69) is 11.3 Å². The number of likely N-dealkylation sites (N-methyl/N-ethyl adjacent to an activating group) is 1. The number of carbonyl (C=O) groups excluding carboxylic acids is 1. The second kappa shape index (κ2) is 6.96. The monoisotopic (exact) mass is 397 g/mol. The quantitative estimate of drug-likeness (QED) is 0.479. The summed E-state index contributed by atoms with van der Waals surface area (Å²) < 4.78 is 141. The Morgan fingerprint density at radius 1 is 0.960 bits per heavy atom. The Kier molecular flexibility index (Phi) is 6.51. The highest BCUT2D eigenvalue weighted by molar-refractivity contribution is 5.84. The molecule has 0 N–H and O–H groups in total. The van der Waals surface area contributed by atoms with Crippen molar-refractivity contribution in [3.63, 3.8) is 0 Å². The lowest BCUT2D eigenvalue weighted by Gasteiger charge is -2.36. The number of ether oxygens (including phenoxy) is 1. The van der Waals surface area contributed by atoms with Crippen LogP contribution in [0.3, 0.4) is 0 Å². The third kappa shape index (κ3) is 4.33. The molecule has 0 aromatic rings. The summed E-state index contributed by atoms with van der Waals surface area (Å²) in [7, 11) is 0. The second-order valence-corrected chi connectivity index (χ2v) is 4.42. The fraction of sp³-hybridized carbons (Fsp3) is 0.727. The molecule has 3 nitrogen and oxygen atoms in total. The van der Waals surface area contributed by atoms with Crippen molar-refractivity contribution in [1.82, 2.24) is 4.90 Å². The van der Waals surface area contributed by atoms with E-state index in [1.54, 1.807) is 0 Å². The normalized spacial score (nSPS) is 16.3. The van der Waals surface area contributed by atoms with E-state index in [0.29, 0.717) is 0 Å². The van der Waals surface area contributed by atoms with Crippen LogP contribution in [0.15, 0.2) is 12.7 Å². The van der Waals surface area contributed by atoms with Gasteiger partial charge in [-0.2, -0.15) is 48.3 Å². The highest BCUT2D eigenvalue weighted by atomic mass is 19.4. The van der Waals surface area contributed by atoms with Crippen molar-refractivity contribution in [3.8, 4) is 0 Å². The van der Waals surface area contributed by atoms with Crippen LogP contribution < -0.4 is 0 Å². The molecule has 0 spiro atoms. The van der Waals surface area contributed by atoms with E-state index in [4.69, 9.17) is 0 Å². The fourth-order valence-corrected chi connectivity index (χ4v) is 1.34. The van der Waals surface area contributed by atoms with E-state index < -0.39 is 49.2 Å². The summed E-state index contributed by atoms with van der Waals surface area (Å²) in [4.78, 5) is 11.3. The van der Waals surface area contributed by atoms with Gasteiger partial charge in [-0.15, -0.1) is 6.58 Å². The molecule has 0 bridgehead atoms. The van der Waals surface area contributed by atoms with Gasteiger partial charge in [0.25, 0.3) is 5.91 Å². The molecular weight excluding hydrogens is 387 g/mol. The molecule has 0 heterocycles. The van der Waals surface area contributed by atoms with Gasteiger partial charge in [0.05, 0.1) is 0 Å². The molecule has 1 unspecified atom stereocenters. The lowest BCUT2D eigenvalue weighted by molar-refractivity contribution is -0.473. The number of hydrogen-bond donors (Lipinski definition) is 0. The first-order valence-electron chi connectivity index (χ1n) is 6.07. The fourth-order valence-electron chi connectivity index (χ4n) is 1.34. The van der Waals surface area contributed by atoms with Crippen LogP contribution in [0.5, 0.6) is 0 Å². The van der Waals surface area contributed by atoms with Gasteiger partial charge in [-0.1, -0.05) is 6.08 Å². The van der Waals surface area contributed by atoms with Crippen LogP contribution in [0.1, 0.15) is 6.92 Å². The minimum atomic E-state index is -7.21. The maximum atomic E-state index is 13.9. The molecule has 0 saturated heterocycles. The number of carbonyl (C=O) groups is 1. The number of amides is 1. The molecule has 0 saturated carbocycles. The highest BCUT2D eigenvalue weighted by Crippen LogP contribution is 2.51. The zero-order valence-corrected chi connectivity index (χ0v) is 12.1. The lowest BCUT2D eigenvalue weighted by atomic mass is 10.2. The summed E-state index contributed by atoms with van der Waals surface area (Å²) in [6.45, 7) is 2.30. The zero-order chi connectivity index (χ0) is 20.5. The summed E-state index contributed by atoms with van der Waals surface area (Å²) in [6.07, 6.45) is -20.1. The van der Waals surface area contributed by atoms with Crippen molar-refractivity contribution >= 4 is 5.91 Å². The largest absolute Gasteiger partial charge is 0.462 e. The molecular formula is C11H10F11NO2. The third-order valence-corrected chi connectivity index (χ3v) is 2.65. The number of rotatable bonds is 7. The van der Waals surface area contributed by atoms with Gasteiger partial charge in [0.1, 0.15) is 0 Å². The maximum absolute atomic E-state index is 13.9. The van der Waals surface area contributed by atoms with Crippen LogP contribution in [-0.4, -0.2) is 54.1 Å². The molecule has 0 aliphatic rings. The Morgan fingerprint density at radius 3 is 1.68 bits per heavy atom. The smallest absolute Gasteiger partial charge is 0.334 e. The molecule has 0 fully saturated rings. The van der Waals surface area contributed by atoms with E-state index >= 15 is 0 Å². The zero-order valence-electron chi connectivity index (χ0n) is 12.1. The van der Waals surface area contributed by atoms with Crippen LogP contribution in [0.2, 0.25) is 0 Å². The molecule has 0 aromatic heterocycles. The summed E-state index contributed by atoms with van der Waals surface area (Å²) in [5.41, 5.74) is 0.